The van der Waals surface area contributed by atoms with Crippen LogP contribution in [-0.4, -0.2) is 16.1 Å². The van der Waals surface area contributed by atoms with Gasteiger partial charge in [-0.1, -0.05) is 17.7 Å². The predicted molar refractivity (Wildman–Crippen MR) is 112 cm³/mol. The molecule has 0 radical (unpaired) electrons. The van der Waals surface area contributed by atoms with E-state index in [0.29, 0.717) is 10.2 Å². The highest BCUT2D eigenvalue weighted by atomic mass is 79.9. The summed E-state index contributed by atoms with van der Waals surface area (Å²) >= 11 is 3.37. The summed E-state index contributed by atoms with van der Waals surface area (Å²) in [6.07, 6.45) is 1.69. The molecule has 3 rings (SSSR count). The maximum atomic E-state index is 11.2. The maximum absolute atomic E-state index is 11.2. The van der Waals surface area contributed by atoms with Gasteiger partial charge in [0.1, 0.15) is 5.75 Å². The minimum Gasteiger partial charge on any atom is -0.449 e. The fourth-order valence-electron chi connectivity index (χ4n) is 2.43. The number of non-ortho nitro benzene ring substituents is 1. The Kier molecular flexibility index (Phi) is 5.99. The molecule has 8 nitrogen and oxygen atoms in total. The first-order valence-corrected chi connectivity index (χ1v) is 9.14. The molecule has 3 aromatic rings. The van der Waals surface area contributed by atoms with Gasteiger partial charge in [0.2, 0.25) is 5.75 Å². The highest BCUT2D eigenvalue weighted by molar-refractivity contribution is 9.10. The minimum absolute atomic E-state index is 0.0950. The van der Waals surface area contributed by atoms with Crippen molar-refractivity contribution in [1.82, 2.24) is 0 Å². The average molecular weight is 456 g/mol. The lowest BCUT2D eigenvalue weighted by atomic mass is 10.2. The van der Waals surface area contributed by atoms with Crippen molar-refractivity contribution in [2.45, 2.75) is 6.92 Å². The number of hydrogen-bond donors (Lipinski definition) is 0. The van der Waals surface area contributed by atoms with E-state index in [9.17, 15) is 20.2 Å². The Morgan fingerprint density at radius 2 is 1.62 bits per heavy atom. The van der Waals surface area contributed by atoms with Crippen LogP contribution in [-0.2, 0) is 0 Å². The van der Waals surface area contributed by atoms with Gasteiger partial charge >= 0.3 is 5.69 Å². The van der Waals surface area contributed by atoms with Crippen LogP contribution in [0.1, 0.15) is 11.1 Å². The zero-order chi connectivity index (χ0) is 21.0. The molecule has 0 unspecified atom stereocenters. The SMILES string of the molecule is Cc1ccc(N=Cc2ccc(Oc3ccc([N+](=O)[O-])cc3[N+](=O)[O-])c(Br)c2)cc1. The maximum Gasteiger partial charge on any atom is 0.318 e. The zero-order valence-corrected chi connectivity index (χ0v) is 16.7. The largest absolute Gasteiger partial charge is 0.449 e. The summed E-state index contributed by atoms with van der Waals surface area (Å²) in [5, 5.41) is 22.1. The fraction of sp³-hybridized carbons (Fsp3) is 0.0500. The molecule has 0 N–H and O–H groups in total. The average Bonchev–Trinajstić information content (AvgIpc) is 2.69. The van der Waals surface area contributed by atoms with Crippen molar-refractivity contribution >= 4 is 39.2 Å². The summed E-state index contributed by atoms with van der Waals surface area (Å²) in [6, 6.07) is 16.1. The van der Waals surface area contributed by atoms with Gasteiger partial charge in [0.25, 0.3) is 5.69 Å². The third kappa shape index (κ3) is 5.02. The number of hydrogen-bond acceptors (Lipinski definition) is 6. The van der Waals surface area contributed by atoms with Crippen molar-refractivity contribution in [2.24, 2.45) is 4.99 Å². The van der Waals surface area contributed by atoms with Crippen LogP contribution in [0.4, 0.5) is 17.1 Å². The summed E-state index contributed by atoms with van der Waals surface area (Å²) in [4.78, 5) is 25.1. The molecular weight excluding hydrogens is 442 g/mol. The van der Waals surface area contributed by atoms with E-state index in [0.717, 1.165) is 28.9 Å². The first kappa shape index (κ1) is 20.2. The van der Waals surface area contributed by atoms with E-state index in [4.69, 9.17) is 4.74 Å². The summed E-state index contributed by atoms with van der Waals surface area (Å²) < 4.78 is 6.17. The number of rotatable bonds is 6. The lowest BCUT2D eigenvalue weighted by molar-refractivity contribution is -0.394. The van der Waals surface area contributed by atoms with Crippen molar-refractivity contribution in [3.05, 3.63) is 96.5 Å². The van der Waals surface area contributed by atoms with Crippen molar-refractivity contribution in [3.63, 3.8) is 0 Å². The number of halogens is 1. The van der Waals surface area contributed by atoms with E-state index in [1.54, 1.807) is 24.4 Å². The fourth-order valence-corrected chi connectivity index (χ4v) is 2.90. The molecule has 29 heavy (non-hydrogen) atoms. The second-order valence-corrected chi connectivity index (χ2v) is 6.91. The van der Waals surface area contributed by atoms with Crippen molar-refractivity contribution in [1.29, 1.82) is 0 Å². The molecule has 9 heteroatoms. The van der Waals surface area contributed by atoms with Gasteiger partial charge in [-0.2, -0.15) is 0 Å². The van der Waals surface area contributed by atoms with E-state index in [2.05, 4.69) is 20.9 Å². The highest BCUT2D eigenvalue weighted by Crippen LogP contribution is 2.37. The lowest BCUT2D eigenvalue weighted by Crippen LogP contribution is -1.96. The van der Waals surface area contributed by atoms with E-state index in [1.165, 1.54) is 6.07 Å². The minimum atomic E-state index is -0.723. The quantitative estimate of drug-likeness (QED) is 0.252. The predicted octanol–water partition coefficient (Wildman–Crippen LogP) is 6.12. The van der Waals surface area contributed by atoms with Crippen molar-refractivity contribution in [2.75, 3.05) is 0 Å². The number of aliphatic imine (C=N–C) groups is 1. The van der Waals surface area contributed by atoms with Crippen molar-refractivity contribution < 1.29 is 14.6 Å². The van der Waals surface area contributed by atoms with Gasteiger partial charge in [0.05, 0.1) is 26.1 Å². The van der Waals surface area contributed by atoms with Crippen LogP contribution in [0.5, 0.6) is 11.5 Å². The molecule has 0 spiro atoms. The van der Waals surface area contributed by atoms with Crippen LogP contribution in [0, 0.1) is 27.2 Å². The molecule has 0 saturated carbocycles. The van der Waals surface area contributed by atoms with E-state index >= 15 is 0 Å². The Balaban J connectivity index is 1.83. The first-order chi connectivity index (χ1) is 13.8. The molecule has 0 amide bonds. The number of nitro groups is 2. The molecule has 0 aliphatic heterocycles. The molecule has 0 saturated heterocycles. The number of nitrogens with zero attached hydrogens (tertiary/aromatic N) is 3. The molecular formula is C20H14BrN3O5. The third-order valence-corrected chi connectivity index (χ3v) is 4.54. The van der Waals surface area contributed by atoms with E-state index in [-0.39, 0.29) is 11.4 Å². The molecule has 3 aromatic carbocycles. The van der Waals surface area contributed by atoms with Crippen LogP contribution in [0.2, 0.25) is 0 Å². The number of ether oxygens (including phenoxy) is 1. The first-order valence-electron chi connectivity index (χ1n) is 8.34. The summed E-state index contributed by atoms with van der Waals surface area (Å²) in [6.45, 7) is 2.00. The molecule has 146 valence electrons. The highest BCUT2D eigenvalue weighted by Gasteiger charge is 2.21. The van der Waals surface area contributed by atoms with E-state index in [1.807, 2.05) is 31.2 Å². The Bertz CT molecular complexity index is 1110. The van der Waals surface area contributed by atoms with Crippen LogP contribution >= 0.6 is 15.9 Å². The number of aryl methyl sites for hydroxylation is 1. The lowest BCUT2D eigenvalue weighted by Gasteiger charge is -2.08. The van der Waals surface area contributed by atoms with Gasteiger partial charge in [-0.25, -0.2) is 0 Å². The van der Waals surface area contributed by atoms with E-state index < -0.39 is 15.5 Å². The van der Waals surface area contributed by atoms with Crippen LogP contribution in [0.25, 0.3) is 0 Å². The van der Waals surface area contributed by atoms with Gasteiger partial charge in [-0.3, -0.25) is 25.2 Å². The third-order valence-electron chi connectivity index (χ3n) is 3.92. The van der Waals surface area contributed by atoms with Gasteiger partial charge in [-0.05, 0) is 64.8 Å². The summed E-state index contributed by atoms with van der Waals surface area (Å²) in [7, 11) is 0. The summed E-state index contributed by atoms with van der Waals surface area (Å²) in [5.41, 5.74) is 1.88. The Labute approximate surface area is 173 Å². The standard InChI is InChI=1S/C20H14BrN3O5/c1-13-2-5-15(6-3-13)22-12-14-4-8-19(17(21)10-14)29-20-9-7-16(23(25)26)11-18(20)24(27)28/h2-12H,1H3. The number of nitro benzene ring substituents is 2. The Morgan fingerprint density at radius 1 is 0.931 bits per heavy atom. The van der Waals surface area contributed by atoms with Gasteiger partial charge in [0, 0.05) is 12.3 Å². The molecule has 0 aromatic heterocycles. The second kappa shape index (κ2) is 8.61. The van der Waals surface area contributed by atoms with Crippen molar-refractivity contribution in [3.8, 4) is 11.5 Å². The van der Waals surface area contributed by atoms with Crippen LogP contribution in [0.3, 0.4) is 0 Å². The van der Waals surface area contributed by atoms with Gasteiger partial charge in [0.15, 0.2) is 0 Å². The summed E-state index contributed by atoms with van der Waals surface area (Å²) in [5.74, 6) is 0.233. The Morgan fingerprint density at radius 3 is 2.24 bits per heavy atom. The molecule has 0 heterocycles. The molecule has 0 aliphatic carbocycles. The van der Waals surface area contributed by atoms with Crippen LogP contribution < -0.4 is 4.74 Å². The monoisotopic (exact) mass is 455 g/mol. The normalized spacial score (nSPS) is 10.8. The zero-order valence-electron chi connectivity index (χ0n) is 15.1. The smallest absolute Gasteiger partial charge is 0.318 e. The topological polar surface area (TPSA) is 108 Å². The molecule has 0 bridgehead atoms. The van der Waals surface area contributed by atoms with Crippen LogP contribution in [0.15, 0.2) is 70.1 Å². The molecule has 0 fully saturated rings. The second-order valence-electron chi connectivity index (χ2n) is 6.05. The number of benzene rings is 3. The molecule has 0 atom stereocenters. The van der Waals surface area contributed by atoms with Gasteiger partial charge < -0.3 is 4.74 Å². The Hall–Kier alpha value is -3.59. The van der Waals surface area contributed by atoms with Gasteiger partial charge in [-0.15, -0.1) is 0 Å². The molecule has 0 aliphatic rings.